The Morgan fingerprint density at radius 2 is 1.38 bits per heavy atom. The van der Waals surface area contributed by atoms with Crippen LogP contribution >= 0.6 is 0 Å². The summed E-state index contributed by atoms with van der Waals surface area (Å²) in [6.45, 7) is 1.92. The van der Waals surface area contributed by atoms with Crippen molar-refractivity contribution >= 4 is 21.4 Å². The number of anilines is 1. The Morgan fingerprint density at radius 3 is 1.86 bits per heavy atom. The van der Waals surface area contributed by atoms with Gasteiger partial charge in [-0.25, -0.2) is 8.42 Å². The molecular formula is C16H21N2O2S+. The van der Waals surface area contributed by atoms with Gasteiger partial charge in [0.1, 0.15) is 5.69 Å². The van der Waals surface area contributed by atoms with Gasteiger partial charge in [0.05, 0.1) is 26.0 Å². The number of hydrogen-bond acceptors (Lipinski definition) is 2. The van der Waals surface area contributed by atoms with E-state index < -0.39 is 10.0 Å². The van der Waals surface area contributed by atoms with Gasteiger partial charge in [-0.2, -0.15) is 0 Å². The molecule has 0 aliphatic heterocycles. The molecule has 0 unspecified atom stereocenters. The van der Waals surface area contributed by atoms with Crippen molar-refractivity contribution in [3.05, 3.63) is 54.1 Å². The van der Waals surface area contributed by atoms with Crippen molar-refractivity contribution in [2.24, 2.45) is 0 Å². The molecule has 0 saturated carbocycles. The smallest absolute Gasteiger partial charge is 0.261 e. The summed E-state index contributed by atoms with van der Waals surface area (Å²) < 4.78 is 27.8. The Balaban J connectivity index is 2.23. The van der Waals surface area contributed by atoms with Crippen LogP contribution in [0.4, 0.5) is 11.4 Å². The molecule has 0 spiro atoms. The first-order valence-corrected chi connectivity index (χ1v) is 8.18. The summed E-state index contributed by atoms with van der Waals surface area (Å²) in [5, 5.41) is 0. The molecule has 0 fully saturated rings. The lowest BCUT2D eigenvalue weighted by atomic mass is 10.2. The predicted octanol–water partition coefficient (Wildman–Crippen LogP) is 2.99. The first-order chi connectivity index (χ1) is 9.68. The van der Waals surface area contributed by atoms with E-state index in [4.69, 9.17) is 0 Å². The fraction of sp³-hybridized carbons (Fsp3) is 0.250. The molecule has 0 aliphatic carbocycles. The van der Waals surface area contributed by atoms with E-state index in [0.29, 0.717) is 10.2 Å². The number of nitrogens with zero attached hydrogens (tertiary/aromatic N) is 1. The van der Waals surface area contributed by atoms with Crippen LogP contribution in [0.3, 0.4) is 0 Å². The summed E-state index contributed by atoms with van der Waals surface area (Å²) in [6.07, 6.45) is 0. The average molecular weight is 305 g/mol. The second-order valence-corrected chi connectivity index (χ2v) is 7.66. The van der Waals surface area contributed by atoms with Gasteiger partial charge in [0.25, 0.3) is 10.0 Å². The molecule has 112 valence electrons. The molecule has 0 aromatic heterocycles. The molecule has 0 bridgehead atoms. The minimum absolute atomic E-state index is 0.267. The number of sulfonamides is 1. The van der Waals surface area contributed by atoms with E-state index in [0.717, 1.165) is 11.3 Å². The molecule has 0 amide bonds. The average Bonchev–Trinajstić information content (AvgIpc) is 2.38. The third kappa shape index (κ3) is 3.83. The van der Waals surface area contributed by atoms with Crippen LogP contribution in [0.5, 0.6) is 0 Å². The number of hydrogen-bond donors (Lipinski definition) is 1. The second kappa shape index (κ2) is 5.50. The number of benzene rings is 2. The fourth-order valence-electron chi connectivity index (χ4n) is 1.91. The van der Waals surface area contributed by atoms with Crippen molar-refractivity contribution in [2.75, 3.05) is 25.9 Å². The van der Waals surface area contributed by atoms with E-state index in [-0.39, 0.29) is 4.90 Å². The largest absolute Gasteiger partial charge is 0.298 e. The van der Waals surface area contributed by atoms with Crippen LogP contribution in [0.15, 0.2) is 53.4 Å². The van der Waals surface area contributed by atoms with Gasteiger partial charge < -0.3 is 0 Å². The molecule has 0 aliphatic rings. The molecule has 2 rings (SSSR count). The topological polar surface area (TPSA) is 46.2 Å². The minimum Gasteiger partial charge on any atom is -0.298 e. The highest BCUT2D eigenvalue weighted by molar-refractivity contribution is 7.92. The van der Waals surface area contributed by atoms with E-state index >= 15 is 0 Å². The van der Waals surface area contributed by atoms with Crippen molar-refractivity contribution in [3.8, 4) is 0 Å². The molecule has 21 heavy (non-hydrogen) atoms. The van der Waals surface area contributed by atoms with Gasteiger partial charge in [0, 0.05) is 17.8 Å². The lowest BCUT2D eigenvalue weighted by molar-refractivity contribution is 0.486. The first kappa shape index (κ1) is 15.5. The van der Waals surface area contributed by atoms with Crippen LogP contribution in [0.1, 0.15) is 5.56 Å². The molecule has 0 heterocycles. The maximum Gasteiger partial charge on any atom is 0.261 e. The van der Waals surface area contributed by atoms with Crippen LogP contribution < -0.4 is 9.21 Å². The van der Waals surface area contributed by atoms with Gasteiger partial charge in [-0.3, -0.25) is 9.21 Å². The van der Waals surface area contributed by atoms with Gasteiger partial charge in [0.2, 0.25) is 0 Å². The summed E-state index contributed by atoms with van der Waals surface area (Å²) in [5.74, 6) is 0. The highest BCUT2D eigenvalue weighted by atomic mass is 32.2. The van der Waals surface area contributed by atoms with E-state index in [2.05, 4.69) is 25.9 Å². The van der Waals surface area contributed by atoms with Crippen molar-refractivity contribution < 1.29 is 8.42 Å². The standard InChI is InChI=1S/C16H21N2O2S/c1-13-5-11-16(12-6-13)21(19,20)17-14-7-9-15(10-8-14)18(2,3)4/h5-12,17H,1-4H3/q+1. The van der Waals surface area contributed by atoms with Gasteiger partial charge in [-0.1, -0.05) is 17.7 Å². The van der Waals surface area contributed by atoms with Crippen molar-refractivity contribution in [2.45, 2.75) is 11.8 Å². The van der Waals surface area contributed by atoms with E-state index in [1.165, 1.54) is 0 Å². The zero-order chi connectivity index (χ0) is 15.7. The van der Waals surface area contributed by atoms with Crippen LogP contribution in [0, 0.1) is 6.92 Å². The van der Waals surface area contributed by atoms with Gasteiger partial charge in [0.15, 0.2) is 0 Å². The van der Waals surface area contributed by atoms with Crippen molar-refractivity contribution in [1.82, 2.24) is 4.48 Å². The highest BCUT2D eigenvalue weighted by Crippen LogP contribution is 2.22. The Labute approximate surface area is 126 Å². The van der Waals surface area contributed by atoms with Crippen LogP contribution in [0.25, 0.3) is 0 Å². The number of nitrogens with one attached hydrogen (secondary N) is 1. The first-order valence-electron chi connectivity index (χ1n) is 6.70. The molecule has 0 atom stereocenters. The third-order valence-electron chi connectivity index (χ3n) is 3.23. The normalized spacial score (nSPS) is 12.2. The van der Waals surface area contributed by atoms with Crippen LogP contribution in [-0.4, -0.2) is 29.6 Å². The highest BCUT2D eigenvalue weighted by Gasteiger charge is 2.15. The SMILES string of the molecule is Cc1ccc(S(=O)(=O)Nc2ccc([N+](C)(C)C)cc2)cc1. The Bertz CT molecular complexity index is 712. The molecule has 5 heteroatoms. The number of quaternary nitrogens is 1. The molecular weight excluding hydrogens is 284 g/mol. The molecule has 4 nitrogen and oxygen atoms in total. The lowest BCUT2D eigenvalue weighted by Crippen LogP contribution is -2.34. The number of rotatable bonds is 4. The van der Waals surface area contributed by atoms with Crippen LogP contribution in [-0.2, 0) is 10.0 Å². The zero-order valence-corrected chi connectivity index (χ0v) is 13.6. The fourth-order valence-corrected chi connectivity index (χ4v) is 2.97. The summed E-state index contributed by atoms with van der Waals surface area (Å²) in [6, 6.07) is 14.2. The molecule has 2 aromatic carbocycles. The quantitative estimate of drug-likeness (QED) is 0.883. The van der Waals surface area contributed by atoms with Crippen molar-refractivity contribution in [3.63, 3.8) is 0 Å². The molecule has 1 N–H and O–H groups in total. The Morgan fingerprint density at radius 1 is 0.857 bits per heavy atom. The zero-order valence-electron chi connectivity index (χ0n) is 12.8. The maximum atomic E-state index is 12.3. The predicted molar refractivity (Wildman–Crippen MR) is 88.0 cm³/mol. The van der Waals surface area contributed by atoms with Gasteiger partial charge >= 0.3 is 0 Å². The van der Waals surface area contributed by atoms with E-state index in [1.807, 2.05) is 19.1 Å². The monoisotopic (exact) mass is 305 g/mol. The summed E-state index contributed by atoms with van der Waals surface area (Å²) in [4.78, 5) is 0.267. The lowest BCUT2D eigenvalue weighted by Gasteiger charge is -2.23. The molecule has 0 radical (unpaired) electrons. The summed E-state index contributed by atoms with van der Waals surface area (Å²) >= 11 is 0. The minimum atomic E-state index is -3.53. The molecule has 0 saturated heterocycles. The Kier molecular flexibility index (Phi) is 4.07. The summed E-state index contributed by atoms with van der Waals surface area (Å²) in [5.41, 5.74) is 2.70. The molecule has 2 aromatic rings. The second-order valence-electron chi connectivity index (χ2n) is 5.98. The van der Waals surface area contributed by atoms with Crippen molar-refractivity contribution in [1.29, 1.82) is 0 Å². The van der Waals surface area contributed by atoms with E-state index in [9.17, 15) is 8.42 Å². The third-order valence-corrected chi connectivity index (χ3v) is 4.62. The van der Waals surface area contributed by atoms with E-state index in [1.54, 1.807) is 36.4 Å². The van der Waals surface area contributed by atoms with Gasteiger partial charge in [-0.05, 0) is 31.2 Å². The van der Waals surface area contributed by atoms with Gasteiger partial charge in [-0.15, -0.1) is 0 Å². The van der Waals surface area contributed by atoms with Crippen LogP contribution in [0.2, 0.25) is 0 Å². The Hall–Kier alpha value is -1.85. The maximum absolute atomic E-state index is 12.3. The number of aryl methyl sites for hydroxylation is 1. The summed E-state index contributed by atoms with van der Waals surface area (Å²) in [7, 11) is 2.65.